The van der Waals surface area contributed by atoms with Crippen molar-refractivity contribution in [3.05, 3.63) is 92.3 Å². The molecule has 20 nitrogen and oxygen atoms in total. The van der Waals surface area contributed by atoms with Crippen LogP contribution in [0.5, 0.6) is 0 Å². The second-order valence-corrected chi connectivity index (χ2v) is 17.4. The number of rotatable bonds is 13. The van der Waals surface area contributed by atoms with Gasteiger partial charge in [-0.25, -0.2) is 28.7 Å². The van der Waals surface area contributed by atoms with Crippen molar-refractivity contribution in [3.63, 3.8) is 0 Å². The Morgan fingerprint density at radius 2 is 1.19 bits per heavy atom. The van der Waals surface area contributed by atoms with Crippen LogP contribution in [0.4, 0.5) is 11.6 Å². The number of aliphatic hydroxyl groups excluding tert-OH is 2. The maximum Gasteiger partial charge on any atom is 1.00 e. The van der Waals surface area contributed by atoms with Crippen molar-refractivity contribution >= 4 is 23.6 Å². The van der Waals surface area contributed by atoms with Gasteiger partial charge >= 0.3 is 68.3 Å². The summed E-state index contributed by atoms with van der Waals surface area (Å²) in [7, 11) is 0. The van der Waals surface area contributed by atoms with Crippen LogP contribution in [0.2, 0.25) is 0 Å². The minimum absolute atomic E-state index is 0. The topological polar surface area (TPSA) is 262 Å². The number of carbonyl (C=O) groups is 2. The van der Waals surface area contributed by atoms with E-state index in [2.05, 4.69) is 61.5 Å². The molecule has 2 aliphatic heterocycles. The molecule has 64 heavy (non-hydrogen) atoms. The molecule has 0 radical (unpaired) electrons. The van der Waals surface area contributed by atoms with Gasteiger partial charge in [-0.2, -0.15) is 12.4 Å². The predicted octanol–water partition coefficient (Wildman–Crippen LogP) is 5.21. The molecule has 2 fully saturated rings. The third-order valence-corrected chi connectivity index (χ3v) is 10.9. The average molecular weight is 1080 g/mol. The first-order valence-corrected chi connectivity index (χ1v) is 20.6. The summed E-state index contributed by atoms with van der Waals surface area (Å²) in [5.41, 5.74) is 0.539. The molecule has 0 aliphatic carbocycles. The molecular formula is C42H60Ag2N8O12. The second kappa shape index (κ2) is 25.7. The summed E-state index contributed by atoms with van der Waals surface area (Å²) in [6.45, 7) is 17.3. The first-order valence-electron chi connectivity index (χ1n) is 20.6. The SMILES string of the molecule is CC(C)(C)C1CCC(COC(=O)c2ccc[n-]2)OC1C1CCC(COC(=O)c2ccc[n-]2)OC1C(C)(C)C.Cc1ncc([N+](=O)[O-])n1CCO.Cc1ncc([N+](=O)[O-])n1CCO.[Ag+].[Ag+]. The molecule has 2 N–H and O–H groups in total. The molecule has 6 atom stereocenters. The van der Waals surface area contributed by atoms with Gasteiger partial charge in [-0.1, -0.05) is 65.8 Å². The molecule has 6 rings (SSSR count). The smallest absolute Gasteiger partial charge is 0.658 e. The molecule has 0 aromatic carbocycles. The Hall–Kier alpha value is -3.96. The fraction of sp³-hybridized carbons (Fsp3) is 0.619. The van der Waals surface area contributed by atoms with Gasteiger partial charge in [0, 0.05) is 19.8 Å². The van der Waals surface area contributed by atoms with Gasteiger partial charge in [0.05, 0.1) is 37.6 Å². The molecule has 4 aromatic heterocycles. The third kappa shape index (κ3) is 15.6. The van der Waals surface area contributed by atoms with Crippen LogP contribution < -0.4 is 9.97 Å². The minimum atomic E-state index is -0.518. The average Bonchev–Trinajstić information content (AvgIpc) is 4.06. The number of carbonyl (C=O) groups excluding carboxylic acids is 2. The van der Waals surface area contributed by atoms with E-state index in [9.17, 15) is 29.8 Å². The van der Waals surface area contributed by atoms with E-state index in [1.165, 1.54) is 21.5 Å². The number of hydrogen-bond acceptors (Lipinski definition) is 14. The van der Waals surface area contributed by atoms with E-state index in [-0.39, 0.29) is 137 Å². The Labute approximate surface area is 403 Å². The van der Waals surface area contributed by atoms with Crippen LogP contribution in [0, 0.1) is 56.7 Å². The molecule has 6 unspecified atom stereocenters. The fourth-order valence-electron chi connectivity index (χ4n) is 7.86. The first kappa shape index (κ1) is 56.2. The first-order chi connectivity index (χ1) is 29.3. The van der Waals surface area contributed by atoms with Crippen LogP contribution in [0.3, 0.4) is 0 Å². The summed E-state index contributed by atoms with van der Waals surface area (Å²) in [6.07, 6.45) is 8.57. The molecule has 2 aliphatic rings. The minimum Gasteiger partial charge on any atom is -0.658 e. The van der Waals surface area contributed by atoms with Crippen molar-refractivity contribution in [2.75, 3.05) is 26.4 Å². The summed E-state index contributed by atoms with van der Waals surface area (Å²) < 4.78 is 27.2. The fourth-order valence-corrected chi connectivity index (χ4v) is 7.86. The zero-order chi connectivity index (χ0) is 45.8. The standard InChI is InChI=1S/C30H44N2O6.2C6H9N3O3.2Ag/c1-29(2,3)22-14-12-19(17-35-27(33)23-9-7-15-31-23)37-25(22)21-13-11-20(38-26(21)30(4,5)6)18-36-28(34)24-10-8-16-32-24;2*1-5-7-4-6(9(11)12)8(5)2-3-10;;/h7-10,15-16,19-22,25-26H,11-14,17-18H2,1-6H3,(H2,31,32,33,34);2*4,10H,2-3H2,1H3;;/q;;;2*+1/p-2. The molecular weight excluding hydrogens is 1020 g/mol. The number of ether oxygens (including phenoxy) is 4. The number of nitro groups is 2. The van der Waals surface area contributed by atoms with Gasteiger partial charge in [-0.05, 0) is 63.7 Å². The van der Waals surface area contributed by atoms with Crippen LogP contribution in [-0.2, 0) is 76.8 Å². The largest absolute Gasteiger partial charge is 1.00 e. The molecule has 6 heterocycles. The van der Waals surface area contributed by atoms with E-state index in [0.717, 1.165) is 25.7 Å². The molecule has 362 valence electrons. The van der Waals surface area contributed by atoms with Crippen molar-refractivity contribution in [3.8, 4) is 0 Å². The second-order valence-electron chi connectivity index (χ2n) is 17.4. The van der Waals surface area contributed by atoms with Gasteiger partial charge in [-0.3, -0.25) is 0 Å². The number of hydrogen-bond donors (Lipinski definition) is 2. The molecule has 0 saturated carbocycles. The number of imidazole rings is 2. The summed E-state index contributed by atoms with van der Waals surface area (Å²) in [4.78, 5) is 60.0. The van der Waals surface area contributed by atoms with E-state index >= 15 is 0 Å². The van der Waals surface area contributed by atoms with Crippen molar-refractivity contribution in [1.29, 1.82) is 0 Å². The number of esters is 2. The number of nitrogens with zero attached hydrogens (tertiary/aromatic N) is 8. The van der Waals surface area contributed by atoms with Crippen LogP contribution in [0.15, 0.2) is 49.1 Å². The zero-order valence-corrected chi connectivity index (χ0v) is 40.3. The van der Waals surface area contributed by atoms with E-state index in [1.54, 1.807) is 50.5 Å². The van der Waals surface area contributed by atoms with Crippen LogP contribution in [0.25, 0.3) is 0 Å². The normalized spacial score (nSPS) is 20.8. The maximum atomic E-state index is 12.4. The number of aryl methyl sites for hydroxylation is 2. The van der Waals surface area contributed by atoms with Crippen LogP contribution in [0.1, 0.15) is 99.9 Å². The zero-order valence-electron chi connectivity index (χ0n) is 37.3. The monoisotopic (exact) mass is 1080 g/mol. The van der Waals surface area contributed by atoms with Gasteiger partial charge in [0.2, 0.25) is 0 Å². The molecule has 2 saturated heterocycles. The van der Waals surface area contributed by atoms with Crippen LogP contribution >= 0.6 is 0 Å². The Morgan fingerprint density at radius 3 is 1.56 bits per heavy atom. The van der Waals surface area contributed by atoms with E-state index in [0.29, 0.717) is 29.0 Å². The summed E-state index contributed by atoms with van der Waals surface area (Å²) >= 11 is 0. The van der Waals surface area contributed by atoms with E-state index in [1.807, 2.05) is 0 Å². The molecule has 22 heteroatoms. The van der Waals surface area contributed by atoms with Gasteiger partial charge in [0.25, 0.3) is 0 Å². The number of aliphatic hydroxyl groups is 2. The van der Waals surface area contributed by atoms with Crippen molar-refractivity contribution in [2.24, 2.45) is 22.7 Å². The Morgan fingerprint density at radius 1 is 0.750 bits per heavy atom. The van der Waals surface area contributed by atoms with Crippen LogP contribution in [-0.4, -0.2) is 102 Å². The quantitative estimate of drug-likeness (QED) is 0.0753. The van der Waals surface area contributed by atoms with E-state index < -0.39 is 21.8 Å². The molecule has 0 spiro atoms. The van der Waals surface area contributed by atoms with Crippen molar-refractivity contribution in [1.82, 2.24) is 29.1 Å². The molecule has 0 bridgehead atoms. The summed E-state index contributed by atoms with van der Waals surface area (Å²) in [6, 6.07) is 6.74. The number of aromatic nitrogens is 6. The van der Waals surface area contributed by atoms with Gasteiger partial charge in [-0.15, -0.1) is 0 Å². The van der Waals surface area contributed by atoms with Gasteiger partial charge in [0.1, 0.15) is 38.7 Å². The Kier molecular flexibility index (Phi) is 22.5. The molecule has 4 aromatic rings. The summed E-state index contributed by atoms with van der Waals surface area (Å²) in [5, 5.41) is 37.9. The third-order valence-electron chi connectivity index (χ3n) is 10.9. The van der Waals surface area contributed by atoms with Crippen molar-refractivity contribution in [2.45, 2.75) is 119 Å². The molecule has 0 amide bonds. The van der Waals surface area contributed by atoms with Gasteiger partial charge < -0.3 is 59.4 Å². The maximum absolute atomic E-state index is 12.4. The Balaban J connectivity index is 0.000000442. The summed E-state index contributed by atoms with van der Waals surface area (Å²) in [5.74, 6) is 0.567. The Bertz CT molecular complexity index is 1980. The van der Waals surface area contributed by atoms with E-state index in [4.69, 9.17) is 29.2 Å². The van der Waals surface area contributed by atoms with Gasteiger partial charge in [0.15, 0.2) is 11.6 Å². The predicted molar refractivity (Wildman–Crippen MR) is 223 cm³/mol. The van der Waals surface area contributed by atoms with Crippen molar-refractivity contribution < 1.29 is 93.4 Å².